The fraction of sp³-hybridized carbons (Fsp3) is 0. The van der Waals surface area contributed by atoms with Gasteiger partial charge in [-0.3, -0.25) is 9.11 Å². The lowest BCUT2D eigenvalue weighted by molar-refractivity contribution is 0.381. The Morgan fingerprint density at radius 3 is 0.643 bits per heavy atom. The van der Waals surface area contributed by atoms with E-state index in [0.29, 0.717) is 0 Å². The molecule has 0 radical (unpaired) electrons. The van der Waals surface area contributed by atoms with Gasteiger partial charge in [-0.15, -0.1) is 12.4 Å². The molecule has 0 aromatic rings. The second kappa shape index (κ2) is 48.3. The SMILES string of the molecule is Cl.O.O.O.O.O.O.O=S(=O)(O)O.[AlH3].[AlH3]. The van der Waals surface area contributed by atoms with Gasteiger partial charge in [0.25, 0.3) is 0 Å². The maximum absolute atomic E-state index is 8.74. The van der Waals surface area contributed by atoms with E-state index in [1.54, 1.807) is 0 Å². The second-order valence-corrected chi connectivity index (χ2v) is 1.34. The summed E-state index contributed by atoms with van der Waals surface area (Å²) >= 11 is 0. The molecule has 14 heteroatoms. The summed E-state index contributed by atoms with van der Waals surface area (Å²) in [7, 11) is -4.67. The van der Waals surface area contributed by atoms with Crippen LogP contribution in [0.4, 0.5) is 0 Å². The van der Waals surface area contributed by atoms with Gasteiger partial charge < -0.3 is 32.9 Å². The molecule has 0 atom stereocenters. The van der Waals surface area contributed by atoms with Crippen molar-refractivity contribution in [2.45, 2.75) is 0 Å². The molecule has 0 amide bonds. The number of hydrogen-bond donors (Lipinski definition) is 2. The van der Waals surface area contributed by atoms with Crippen LogP contribution in [0.1, 0.15) is 0 Å². The molecule has 0 saturated carbocycles. The van der Waals surface area contributed by atoms with Crippen LogP contribution < -0.4 is 0 Å². The summed E-state index contributed by atoms with van der Waals surface area (Å²) in [5, 5.41) is 0. The zero-order chi connectivity index (χ0) is 4.50. The van der Waals surface area contributed by atoms with E-state index < -0.39 is 10.4 Å². The van der Waals surface area contributed by atoms with E-state index in [1.165, 1.54) is 0 Å². The van der Waals surface area contributed by atoms with Crippen molar-refractivity contribution in [3.05, 3.63) is 0 Å². The standard InChI is InChI=1S/2Al.ClH.H2O4S.6H2O.6H/c;;;1-5(2,3)4;;;;;;;;;;;;/h;;1H;(H2,1,2,3,4);6*1H2;;;;;;. The Bertz CT molecular complexity index is 101. The van der Waals surface area contributed by atoms with Crippen molar-refractivity contribution in [3.8, 4) is 0 Å². The molecule has 0 aromatic heterocycles. The molecule has 0 unspecified atom stereocenters. The van der Waals surface area contributed by atoms with E-state index in [4.69, 9.17) is 17.5 Å². The van der Waals surface area contributed by atoms with Crippen LogP contribution >= 0.6 is 12.4 Å². The molecule has 0 heterocycles. The summed E-state index contributed by atoms with van der Waals surface area (Å²) < 4.78 is 31.6. The van der Waals surface area contributed by atoms with Crippen molar-refractivity contribution in [1.29, 1.82) is 0 Å². The van der Waals surface area contributed by atoms with Crippen LogP contribution in [0.15, 0.2) is 0 Å². The fourth-order valence-electron chi connectivity index (χ4n) is 0. The predicted octanol–water partition coefficient (Wildman–Crippen LogP) is -7.55. The normalized spacial score (nSPS) is 4.14. The van der Waals surface area contributed by atoms with Crippen LogP contribution in [0.2, 0.25) is 0 Å². The fourth-order valence-corrected chi connectivity index (χ4v) is 0. The van der Waals surface area contributed by atoms with Gasteiger partial charge >= 0.3 is 10.4 Å². The maximum atomic E-state index is 8.74. The minimum atomic E-state index is -4.67. The van der Waals surface area contributed by atoms with E-state index in [9.17, 15) is 0 Å². The van der Waals surface area contributed by atoms with Crippen LogP contribution in [0.5, 0.6) is 0 Å². The number of halogens is 1. The average Bonchev–Trinajstić information content (AvgIpc) is 0.722. The van der Waals surface area contributed by atoms with Gasteiger partial charge in [0.2, 0.25) is 0 Å². The van der Waals surface area contributed by atoms with Gasteiger partial charge in [-0.2, -0.15) is 8.42 Å². The molecule has 0 bridgehead atoms. The summed E-state index contributed by atoms with van der Waals surface area (Å²) in [6.45, 7) is 0. The summed E-state index contributed by atoms with van der Waals surface area (Å²) in [5.41, 5.74) is 0. The minimum absolute atomic E-state index is 0. The van der Waals surface area contributed by atoms with Crippen LogP contribution in [0, 0.1) is 0 Å². The van der Waals surface area contributed by atoms with Crippen LogP contribution in [-0.4, -0.2) is 85.1 Å². The first kappa shape index (κ1) is 118. The van der Waals surface area contributed by atoms with Crippen molar-refractivity contribution in [2.75, 3.05) is 0 Å². The van der Waals surface area contributed by atoms with Gasteiger partial charge in [0.1, 0.15) is 0 Å². The third-order valence-electron chi connectivity index (χ3n) is 0. The smallest absolute Gasteiger partial charge is 0.394 e. The largest absolute Gasteiger partial charge is 0.412 e. The Hall–Kier alpha value is 0.985. The van der Waals surface area contributed by atoms with E-state index in [1.807, 2.05) is 0 Å². The number of hydrogen-bond acceptors (Lipinski definition) is 2. The third-order valence-corrected chi connectivity index (χ3v) is 0. The highest BCUT2D eigenvalue weighted by molar-refractivity contribution is 7.79. The second-order valence-electron chi connectivity index (χ2n) is 0.448. The quantitative estimate of drug-likeness (QED) is 0.325. The zero-order valence-electron chi connectivity index (χ0n) is 5.53. The van der Waals surface area contributed by atoms with E-state index in [0.717, 1.165) is 0 Å². The molecule has 0 aliphatic carbocycles. The maximum Gasteiger partial charge on any atom is 0.394 e. The van der Waals surface area contributed by atoms with Crippen LogP contribution in [-0.2, 0) is 10.4 Å². The lowest BCUT2D eigenvalue weighted by Crippen LogP contribution is -1.89. The first-order chi connectivity index (χ1) is 2.00. The van der Waals surface area contributed by atoms with Crippen LogP contribution in [0.3, 0.4) is 0 Å². The molecule has 0 aliphatic heterocycles. The molecule has 0 rings (SSSR count). The lowest BCUT2D eigenvalue weighted by Gasteiger charge is -1.68. The highest BCUT2D eigenvalue weighted by atomic mass is 35.5. The van der Waals surface area contributed by atoms with E-state index >= 15 is 0 Å². The van der Waals surface area contributed by atoms with Gasteiger partial charge in [-0.1, -0.05) is 0 Å². The molecule has 0 aromatic carbocycles. The van der Waals surface area contributed by atoms with E-state index in [-0.39, 0.29) is 80.0 Å². The van der Waals surface area contributed by atoms with Crippen molar-refractivity contribution >= 4 is 57.5 Å². The number of rotatable bonds is 0. The molecule has 14 heavy (non-hydrogen) atoms. The average molecular weight is 303 g/mol. The summed E-state index contributed by atoms with van der Waals surface area (Å²) in [6.07, 6.45) is 0. The first-order valence-electron chi connectivity index (χ1n) is 0.698. The summed E-state index contributed by atoms with van der Waals surface area (Å²) in [6, 6.07) is 0. The molecule has 0 spiro atoms. The Balaban J connectivity index is -0.00000000222. The van der Waals surface area contributed by atoms with Gasteiger partial charge in [0.05, 0.1) is 0 Å². The van der Waals surface area contributed by atoms with Crippen molar-refractivity contribution in [2.24, 2.45) is 0 Å². The Morgan fingerprint density at radius 1 is 0.643 bits per heavy atom. The van der Waals surface area contributed by atoms with Gasteiger partial charge in [-0.05, 0) is 0 Å². The Labute approximate surface area is 108 Å². The monoisotopic (exact) mass is 302 g/mol. The lowest BCUT2D eigenvalue weighted by atomic mass is 15.8. The van der Waals surface area contributed by atoms with Crippen molar-refractivity contribution in [1.82, 2.24) is 0 Å². The minimum Gasteiger partial charge on any atom is -0.412 e. The third kappa shape index (κ3) is 1920. The molecule has 14 N–H and O–H groups in total. The Morgan fingerprint density at radius 2 is 0.643 bits per heavy atom. The highest BCUT2D eigenvalue weighted by Crippen LogP contribution is 1.59. The first-order valence-corrected chi connectivity index (χ1v) is 2.10. The zero-order valence-corrected chi connectivity index (χ0v) is 7.16. The topological polar surface area (TPSA) is 264 Å². The highest BCUT2D eigenvalue weighted by Gasteiger charge is 1.84. The molecular weight excluding hydrogens is 281 g/mol. The van der Waals surface area contributed by atoms with Crippen molar-refractivity contribution in [3.63, 3.8) is 0 Å². The molecular formula is H21Al2ClO10S. The summed E-state index contributed by atoms with van der Waals surface area (Å²) in [4.78, 5) is 0. The predicted molar refractivity (Wildman–Crippen MR) is 63.0 cm³/mol. The summed E-state index contributed by atoms with van der Waals surface area (Å²) in [5.74, 6) is 0. The van der Waals surface area contributed by atoms with Crippen molar-refractivity contribution < 1.29 is 50.4 Å². The molecule has 0 saturated heterocycles. The Kier molecular flexibility index (Phi) is 407. The van der Waals surface area contributed by atoms with Gasteiger partial charge in [0.15, 0.2) is 34.7 Å². The molecule has 10 nitrogen and oxygen atoms in total. The molecule has 100 valence electrons. The molecule has 0 aliphatic rings. The van der Waals surface area contributed by atoms with Gasteiger partial charge in [-0.25, -0.2) is 0 Å². The van der Waals surface area contributed by atoms with Crippen LogP contribution in [0.25, 0.3) is 0 Å². The molecule has 0 fully saturated rings. The van der Waals surface area contributed by atoms with Gasteiger partial charge in [0, 0.05) is 0 Å². The van der Waals surface area contributed by atoms with E-state index in [2.05, 4.69) is 0 Å².